The number of aryl methyl sites for hydroxylation is 1. The zero-order valence-corrected chi connectivity index (χ0v) is 13.3. The first-order valence-corrected chi connectivity index (χ1v) is 7.88. The molecule has 2 aliphatic heterocycles. The van der Waals surface area contributed by atoms with Gasteiger partial charge in [0, 0.05) is 39.2 Å². The second-order valence-corrected chi connectivity index (χ2v) is 6.29. The molecule has 2 aromatic rings. The summed E-state index contributed by atoms with van der Waals surface area (Å²) in [5.41, 5.74) is 1.58. The van der Waals surface area contributed by atoms with Crippen molar-refractivity contribution >= 4 is 12.1 Å². The largest absolute Gasteiger partial charge is 0.509 e. The molecule has 8 nitrogen and oxygen atoms in total. The fourth-order valence-corrected chi connectivity index (χ4v) is 3.25. The number of ether oxygens (including phenoxy) is 2. The van der Waals surface area contributed by atoms with Crippen molar-refractivity contribution in [2.75, 3.05) is 19.7 Å². The molecule has 0 aliphatic carbocycles. The lowest BCUT2D eigenvalue weighted by Crippen LogP contribution is -2.48. The van der Waals surface area contributed by atoms with Crippen LogP contribution in [0.4, 0.5) is 4.79 Å². The minimum atomic E-state index is -0.615. The van der Waals surface area contributed by atoms with Gasteiger partial charge in [0.1, 0.15) is 18.0 Å². The number of nitrogens with zero attached hydrogens (tertiary/aromatic N) is 3. The summed E-state index contributed by atoms with van der Waals surface area (Å²) >= 11 is 0. The fraction of sp³-hybridized carbons (Fsp3) is 0.438. The summed E-state index contributed by atoms with van der Waals surface area (Å²) in [6.07, 6.45) is 2.49. The zero-order valence-electron chi connectivity index (χ0n) is 13.3. The van der Waals surface area contributed by atoms with Gasteiger partial charge in [0.15, 0.2) is 5.60 Å². The number of piperidine rings is 1. The van der Waals surface area contributed by atoms with E-state index in [-0.39, 0.29) is 12.5 Å². The average Bonchev–Trinajstić information content (AvgIpc) is 3.28. The maximum absolute atomic E-state index is 12.6. The first-order valence-electron chi connectivity index (χ1n) is 7.88. The molecule has 8 heteroatoms. The van der Waals surface area contributed by atoms with Gasteiger partial charge in [0.25, 0.3) is 5.91 Å². The van der Waals surface area contributed by atoms with Crippen molar-refractivity contribution in [2.24, 2.45) is 7.05 Å². The highest BCUT2D eigenvalue weighted by Crippen LogP contribution is 2.32. The Kier molecular flexibility index (Phi) is 3.33. The molecule has 2 aromatic heterocycles. The number of cyclic esters (lactones) is 1. The van der Waals surface area contributed by atoms with Crippen molar-refractivity contribution in [3.8, 4) is 11.4 Å². The fourth-order valence-electron chi connectivity index (χ4n) is 3.25. The SMILES string of the molecule is Cn1cccc1-c1cc(C(=O)N2CCC3(CC2)COC(=O)O3)[nH]n1. The number of carbonyl (C=O) groups excluding carboxylic acids is 2. The first kappa shape index (κ1) is 14.8. The lowest BCUT2D eigenvalue weighted by atomic mass is 9.92. The van der Waals surface area contributed by atoms with Crippen LogP contribution >= 0.6 is 0 Å². The Morgan fingerprint density at radius 1 is 1.38 bits per heavy atom. The van der Waals surface area contributed by atoms with E-state index >= 15 is 0 Å². The number of aromatic amines is 1. The quantitative estimate of drug-likeness (QED) is 0.844. The molecule has 24 heavy (non-hydrogen) atoms. The van der Waals surface area contributed by atoms with Gasteiger partial charge in [-0.2, -0.15) is 5.10 Å². The van der Waals surface area contributed by atoms with Crippen LogP contribution in [0.2, 0.25) is 0 Å². The Morgan fingerprint density at radius 3 is 2.79 bits per heavy atom. The Morgan fingerprint density at radius 2 is 2.17 bits per heavy atom. The lowest BCUT2D eigenvalue weighted by molar-refractivity contribution is 0.00264. The molecule has 1 amide bonds. The number of hydrogen-bond donors (Lipinski definition) is 1. The Hall–Kier alpha value is -2.77. The van der Waals surface area contributed by atoms with E-state index in [0.717, 1.165) is 11.4 Å². The molecule has 0 aromatic carbocycles. The molecule has 0 atom stereocenters. The summed E-state index contributed by atoms with van der Waals surface area (Å²) in [6, 6.07) is 5.64. The summed E-state index contributed by atoms with van der Waals surface area (Å²) < 4.78 is 12.1. The number of likely N-dealkylation sites (tertiary alicyclic amines) is 1. The second-order valence-electron chi connectivity index (χ2n) is 6.29. The third-order valence-electron chi connectivity index (χ3n) is 4.73. The maximum Gasteiger partial charge on any atom is 0.509 e. The third kappa shape index (κ3) is 2.44. The molecule has 0 saturated carbocycles. The number of rotatable bonds is 2. The Labute approximate surface area is 138 Å². The van der Waals surface area contributed by atoms with Crippen LogP contribution in [0.3, 0.4) is 0 Å². The molecule has 4 heterocycles. The number of nitrogens with one attached hydrogen (secondary N) is 1. The number of amides is 1. The molecular formula is C16H18N4O4. The predicted octanol–water partition coefficient (Wildman–Crippen LogP) is 1.56. The highest BCUT2D eigenvalue weighted by molar-refractivity contribution is 5.93. The van der Waals surface area contributed by atoms with Gasteiger partial charge in [-0.1, -0.05) is 0 Å². The minimum absolute atomic E-state index is 0.0944. The molecule has 4 rings (SSSR count). The smallest absolute Gasteiger partial charge is 0.430 e. The number of carbonyl (C=O) groups is 2. The van der Waals surface area contributed by atoms with E-state index in [1.165, 1.54) is 0 Å². The maximum atomic E-state index is 12.6. The number of hydrogen-bond acceptors (Lipinski definition) is 5. The second kappa shape index (κ2) is 5.40. The minimum Gasteiger partial charge on any atom is -0.430 e. The summed E-state index contributed by atoms with van der Waals surface area (Å²) in [6.45, 7) is 1.32. The van der Waals surface area contributed by atoms with E-state index in [4.69, 9.17) is 9.47 Å². The number of H-pyrrole nitrogens is 1. The van der Waals surface area contributed by atoms with E-state index in [1.807, 2.05) is 29.9 Å². The molecule has 2 fully saturated rings. The van der Waals surface area contributed by atoms with Crippen LogP contribution in [-0.4, -0.2) is 57.0 Å². The summed E-state index contributed by atoms with van der Waals surface area (Å²) in [5, 5.41) is 7.06. The molecular weight excluding hydrogens is 312 g/mol. The van der Waals surface area contributed by atoms with Gasteiger partial charge in [0.05, 0.1) is 5.69 Å². The van der Waals surface area contributed by atoms with E-state index < -0.39 is 11.8 Å². The van der Waals surface area contributed by atoms with Gasteiger partial charge in [-0.05, 0) is 18.2 Å². The van der Waals surface area contributed by atoms with Crippen LogP contribution in [0.15, 0.2) is 24.4 Å². The first-order chi connectivity index (χ1) is 11.6. The van der Waals surface area contributed by atoms with Crippen molar-refractivity contribution in [1.82, 2.24) is 19.7 Å². The van der Waals surface area contributed by atoms with Gasteiger partial charge in [-0.15, -0.1) is 0 Å². The summed E-state index contributed by atoms with van der Waals surface area (Å²) in [5.74, 6) is -0.0944. The van der Waals surface area contributed by atoms with E-state index in [9.17, 15) is 9.59 Å². The third-order valence-corrected chi connectivity index (χ3v) is 4.73. The van der Waals surface area contributed by atoms with Crippen LogP contribution in [-0.2, 0) is 16.5 Å². The van der Waals surface area contributed by atoms with Gasteiger partial charge < -0.3 is 18.9 Å². The molecule has 1 spiro atoms. The molecule has 2 saturated heterocycles. The topological polar surface area (TPSA) is 89.5 Å². The van der Waals surface area contributed by atoms with E-state index in [2.05, 4.69) is 10.2 Å². The summed E-state index contributed by atoms with van der Waals surface area (Å²) in [4.78, 5) is 25.5. The molecule has 0 bridgehead atoms. The van der Waals surface area contributed by atoms with Crippen LogP contribution in [0, 0.1) is 0 Å². The van der Waals surface area contributed by atoms with Gasteiger partial charge in [-0.25, -0.2) is 4.79 Å². The average molecular weight is 330 g/mol. The van der Waals surface area contributed by atoms with Gasteiger partial charge >= 0.3 is 6.16 Å². The molecule has 126 valence electrons. The van der Waals surface area contributed by atoms with Gasteiger partial charge in [-0.3, -0.25) is 9.89 Å². The highest BCUT2D eigenvalue weighted by atomic mass is 16.8. The van der Waals surface area contributed by atoms with Crippen LogP contribution in [0.5, 0.6) is 0 Å². The van der Waals surface area contributed by atoms with E-state index in [1.54, 1.807) is 11.0 Å². The van der Waals surface area contributed by atoms with E-state index in [0.29, 0.717) is 31.6 Å². The zero-order chi connectivity index (χ0) is 16.7. The normalized spacial score (nSPS) is 19.4. The van der Waals surface area contributed by atoms with Crippen molar-refractivity contribution < 1.29 is 19.1 Å². The monoisotopic (exact) mass is 330 g/mol. The Bertz CT molecular complexity index is 786. The van der Waals surface area contributed by atoms with Crippen LogP contribution in [0.1, 0.15) is 23.3 Å². The van der Waals surface area contributed by atoms with Crippen molar-refractivity contribution in [3.63, 3.8) is 0 Å². The number of aromatic nitrogens is 3. The van der Waals surface area contributed by atoms with Crippen molar-refractivity contribution in [2.45, 2.75) is 18.4 Å². The van der Waals surface area contributed by atoms with Crippen LogP contribution < -0.4 is 0 Å². The van der Waals surface area contributed by atoms with Crippen LogP contribution in [0.25, 0.3) is 11.4 Å². The summed E-state index contributed by atoms with van der Waals surface area (Å²) in [7, 11) is 1.93. The highest BCUT2D eigenvalue weighted by Gasteiger charge is 2.45. The molecule has 0 radical (unpaired) electrons. The molecule has 0 unspecified atom stereocenters. The Balaban J connectivity index is 1.45. The lowest BCUT2D eigenvalue weighted by Gasteiger charge is -2.35. The predicted molar refractivity (Wildman–Crippen MR) is 83.3 cm³/mol. The molecule has 1 N–H and O–H groups in total. The van der Waals surface area contributed by atoms with Crippen molar-refractivity contribution in [1.29, 1.82) is 0 Å². The standard InChI is InChI=1S/C16H18N4O4/c1-19-6-2-3-13(19)11-9-12(18-17-11)14(21)20-7-4-16(5-8-20)10-23-15(22)24-16/h2-3,6,9H,4-5,7-8,10H2,1H3,(H,17,18). The van der Waals surface area contributed by atoms with Gasteiger partial charge in [0.2, 0.25) is 0 Å². The molecule has 2 aliphatic rings. The van der Waals surface area contributed by atoms with Crippen molar-refractivity contribution in [3.05, 3.63) is 30.1 Å².